The third kappa shape index (κ3) is 4.99. The number of likely N-dealkylation sites (tertiary alicyclic amines) is 2. The van der Waals surface area contributed by atoms with Crippen molar-refractivity contribution in [1.29, 1.82) is 5.26 Å². The first kappa shape index (κ1) is 25.5. The fraction of sp³-hybridized carbons (Fsp3) is 0.444. The van der Waals surface area contributed by atoms with Crippen LogP contribution < -0.4 is 20.7 Å². The van der Waals surface area contributed by atoms with E-state index in [0.29, 0.717) is 55.7 Å². The van der Waals surface area contributed by atoms with Gasteiger partial charge in [0.25, 0.3) is 0 Å². The predicted octanol–water partition coefficient (Wildman–Crippen LogP) is 1.89. The Morgan fingerprint density at radius 2 is 2.13 bits per heavy atom. The molecule has 3 aliphatic rings. The fourth-order valence-electron chi connectivity index (χ4n) is 5.59. The van der Waals surface area contributed by atoms with E-state index in [1.165, 1.54) is 6.08 Å². The van der Waals surface area contributed by atoms with E-state index in [0.717, 1.165) is 25.8 Å². The molecule has 1 spiro atoms. The van der Waals surface area contributed by atoms with Gasteiger partial charge in [0, 0.05) is 48.9 Å². The second-order valence-corrected chi connectivity index (χ2v) is 10.4. The highest BCUT2D eigenvalue weighted by Gasteiger charge is 2.49. The molecule has 0 aliphatic carbocycles. The lowest BCUT2D eigenvalue weighted by Gasteiger charge is -2.47. The van der Waals surface area contributed by atoms with E-state index in [1.54, 1.807) is 29.2 Å². The summed E-state index contributed by atoms with van der Waals surface area (Å²) in [5.74, 6) is 0.184. The zero-order chi connectivity index (χ0) is 26.9. The molecular formula is C27H32N8O3. The molecule has 11 heteroatoms. The number of nitrogens with two attached hydrogens (primary N) is 1. The molecule has 1 atom stereocenters. The summed E-state index contributed by atoms with van der Waals surface area (Å²) in [4.78, 5) is 39.1. The maximum atomic E-state index is 12.0. The molecule has 3 aliphatic heterocycles. The topological polar surface area (TPSA) is 141 Å². The Morgan fingerprint density at radius 1 is 1.32 bits per heavy atom. The van der Waals surface area contributed by atoms with E-state index >= 15 is 0 Å². The summed E-state index contributed by atoms with van der Waals surface area (Å²) in [6, 6.07) is 9.45. The molecular weight excluding hydrogens is 484 g/mol. The maximum absolute atomic E-state index is 12.0. The number of benzene rings is 1. The van der Waals surface area contributed by atoms with Crippen molar-refractivity contribution >= 4 is 29.1 Å². The number of nitrogens with zero attached hydrogens (tertiary/aromatic N) is 6. The molecule has 2 aromatic rings. The van der Waals surface area contributed by atoms with Crippen LogP contribution in [0.25, 0.3) is 0 Å². The number of carbonyl (C=O) groups is 2. The van der Waals surface area contributed by atoms with Gasteiger partial charge < -0.3 is 30.5 Å². The SMILES string of the molecule is C=CC(=O)N1CC2(CCN(c3nc(OCC4CCCN4C)nc(Nc4cccc(C(N)=O)c4)c3C#N)C2)C1. The number of anilines is 3. The number of amides is 2. The van der Waals surface area contributed by atoms with Gasteiger partial charge >= 0.3 is 6.01 Å². The number of hydrogen-bond donors (Lipinski definition) is 2. The number of aromatic nitrogens is 2. The van der Waals surface area contributed by atoms with Gasteiger partial charge in [-0.05, 0) is 57.1 Å². The van der Waals surface area contributed by atoms with Gasteiger partial charge in [-0.3, -0.25) is 9.59 Å². The van der Waals surface area contributed by atoms with E-state index in [1.807, 2.05) is 0 Å². The van der Waals surface area contributed by atoms with Crippen LogP contribution in [-0.2, 0) is 4.79 Å². The fourth-order valence-corrected chi connectivity index (χ4v) is 5.59. The monoisotopic (exact) mass is 516 g/mol. The number of primary amides is 1. The smallest absolute Gasteiger partial charge is 0.320 e. The number of nitrogens with one attached hydrogen (secondary N) is 1. The Hall–Kier alpha value is -4.17. The minimum Gasteiger partial charge on any atom is -0.462 e. The van der Waals surface area contributed by atoms with Crippen LogP contribution in [0.3, 0.4) is 0 Å². The molecule has 11 nitrogen and oxygen atoms in total. The van der Waals surface area contributed by atoms with Crippen molar-refractivity contribution in [3.05, 3.63) is 48.0 Å². The van der Waals surface area contributed by atoms with Gasteiger partial charge in [0.1, 0.15) is 18.2 Å². The second-order valence-electron chi connectivity index (χ2n) is 10.4. The summed E-state index contributed by atoms with van der Waals surface area (Å²) in [6.45, 7) is 7.73. The minimum atomic E-state index is -0.547. The molecule has 1 unspecified atom stereocenters. The molecule has 4 heterocycles. The molecule has 38 heavy (non-hydrogen) atoms. The second kappa shape index (κ2) is 10.3. The Kier molecular flexibility index (Phi) is 6.91. The third-order valence-electron chi connectivity index (χ3n) is 7.74. The number of likely N-dealkylation sites (N-methyl/N-ethyl adjacent to an activating group) is 1. The van der Waals surface area contributed by atoms with Crippen molar-refractivity contribution in [2.45, 2.75) is 25.3 Å². The summed E-state index contributed by atoms with van der Waals surface area (Å²) >= 11 is 0. The number of ether oxygens (including phenoxy) is 1. The number of rotatable bonds is 8. The first-order valence-electron chi connectivity index (χ1n) is 12.8. The average Bonchev–Trinajstić information content (AvgIpc) is 3.52. The first-order valence-corrected chi connectivity index (χ1v) is 12.8. The molecule has 0 bridgehead atoms. The van der Waals surface area contributed by atoms with Crippen molar-refractivity contribution < 1.29 is 14.3 Å². The van der Waals surface area contributed by atoms with E-state index in [4.69, 9.17) is 15.5 Å². The molecule has 3 saturated heterocycles. The van der Waals surface area contributed by atoms with Crippen LogP contribution in [0.1, 0.15) is 35.2 Å². The highest BCUT2D eigenvalue weighted by atomic mass is 16.5. The van der Waals surface area contributed by atoms with Gasteiger partial charge in [0.05, 0.1) is 0 Å². The summed E-state index contributed by atoms with van der Waals surface area (Å²) in [5.41, 5.74) is 6.61. The van der Waals surface area contributed by atoms with Crippen LogP contribution in [0.15, 0.2) is 36.9 Å². The molecule has 1 aromatic carbocycles. The molecule has 1 aromatic heterocycles. The molecule has 198 valence electrons. The van der Waals surface area contributed by atoms with Crippen LogP contribution >= 0.6 is 0 Å². The summed E-state index contributed by atoms with van der Waals surface area (Å²) in [7, 11) is 2.08. The normalized spacial score (nSPS) is 20.2. The zero-order valence-electron chi connectivity index (χ0n) is 21.5. The highest BCUT2D eigenvalue weighted by molar-refractivity contribution is 5.94. The summed E-state index contributed by atoms with van der Waals surface area (Å²) in [6.07, 6.45) is 4.39. The summed E-state index contributed by atoms with van der Waals surface area (Å²) < 4.78 is 6.08. The number of carbonyl (C=O) groups excluding carboxylic acids is 2. The molecule has 0 saturated carbocycles. The molecule has 3 fully saturated rings. The summed E-state index contributed by atoms with van der Waals surface area (Å²) in [5, 5.41) is 13.3. The van der Waals surface area contributed by atoms with E-state index < -0.39 is 5.91 Å². The third-order valence-corrected chi connectivity index (χ3v) is 7.74. The van der Waals surface area contributed by atoms with E-state index in [2.05, 4.69) is 39.8 Å². The van der Waals surface area contributed by atoms with Gasteiger partial charge in [-0.15, -0.1) is 0 Å². The van der Waals surface area contributed by atoms with Crippen LogP contribution in [0.4, 0.5) is 17.3 Å². The van der Waals surface area contributed by atoms with Crippen LogP contribution in [0.2, 0.25) is 0 Å². The molecule has 2 amide bonds. The van der Waals surface area contributed by atoms with E-state index in [-0.39, 0.29) is 28.9 Å². The first-order chi connectivity index (χ1) is 18.3. The van der Waals surface area contributed by atoms with Crippen molar-refractivity contribution in [3.63, 3.8) is 0 Å². The van der Waals surface area contributed by atoms with Crippen molar-refractivity contribution in [2.24, 2.45) is 11.1 Å². The van der Waals surface area contributed by atoms with Crippen LogP contribution in [0, 0.1) is 16.7 Å². The van der Waals surface area contributed by atoms with Crippen molar-refractivity contribution in [1.82, 2.24) is 19.8 Å². The Morgan fingerprint density at radius 3 is 2.82 bits per heavy atom. The van der Waals surface area contributed by atoms with Crippen LogP contribution in [0.5, 0.6) is 6.01 Å². The lowest BCUT2D eigenvalue weighted by molar-refractivity contribution is -0.136. The zero-order valence-corrected chi connectivity index (χ0v) is 21.5. The lowest BCUT2D eigenvalue weighted by Crippen LogP contribution is -2.59. The van der Waals surface area contributed by atoms with Gasteiger partial charge in [-0.2, -0.15) is 15.2 Å². The number of nitriles is 1. The van der Waals surface area contributed by atoms with Gasteiger partial charge in [-0.1, -0.05) is 12.6 Å². The quantitative estimate of drug-likeness (QED) is 0.503. The van der Waals surface area contributed by atoms with Gasteiger partial charge in [0.2, 0.25) is 11.8 Å². The number of hydrogen-bond acceptors (Lipinski definition) is 9. The Balaban J connectivity index is 1.44. The highest BCUT2D eigenvalue weighted by Crippen LogP contribution is 2.42. The standard InChI is InChI=1S/C27H32N8O3/c1-3-22(36)35-16-27(17-35)9-11-34(15-27)25-21(13-28)24(30-19-7-4-6-18(12-19)23(29)37)31-26(32-25)38-14-20-8-5-10-33(20)2/h3-4,6-7,12,20H,1,5,8-11,14-17H2,2H3,(H2,29,37)(H,30,31,32). The van der Waals surface area contributed by atoms with Crippen molar-refractivity contribution in [2.75, 3.05) is 56.6 Å². The lowest BCUT2D eigenvalue weighted by atomic mass is 9.79. The Bertz CT molecular complexity index is 1300. The molecule has 0 radical (unpaired) electrons. The van der Waals surface area contributed by atoms with Crippen molar-refractivity contribution in [3.8, 4) is 12.1 Å². The maximum Gasteiger partial charge on any atom is 0.320 e. The average molecular weight is 517 g/mol. The predicted molar refractivity (Wildman–Crippen MR) is 142 cm³/mol. The molecule has 5 rings (SSSR count). The van der Waals surface area contributed by atoms with Crippen LogP contribution in [-0.4, -0.2) is 84.0 Å². The van der Waals surface area contributed by atoms with Gasteiger partial charge in [0.15, 0.2) is 11.6 Å². The van der Waals surface area contributed by atoms with Gasteiger partial charge in [-0.25, -0.2) is 0 Å². The van der Waals surface area contributed by atoms with E-state index in [9.17, 15) is 14.9 Å². The minimum absolute atomic E-state index is 0.0344. The molecule has 3 N–H and O–H groups in total. The largest absolute Gasteiger partial charge is 0.462 e. The Labute approximate surface area is 221 Å².